The largest absolute Gasteiger partial charge is 0.441 e. The summed E-state index contributed by atoms with van der Waals surface area (Å²) in [6.45, 7) is 0.360. The maximum atomic E-state index is 12.0. The number of anilines is 1. The zero-order valence-electron chi connectivity index (χ0n) is 9.76. The molecule has 2 rings (SSSR count). The molecule has 1 unspecified atom stereocenters. The Balaban J connectivity index is 1.83. The zero-order valence-corrected chi connectivity index (χ0v) is 10.6. The Morgan fingerprint density at radius 1 is 1.39 bits per heavy atom. The van der Waals surface area contributed by atoms with Crippen LogP contribution in [0.15, 0.2) is 18.2 Å². The van der Waals surface area contributed by atoms with Crippen molar-refractivity contribution >= 4 is 17.4 Å². The number of aryl methyl sites for hydroxylation is 1. The van der Waals surface area contributed by atoms with Gasteiger partial charge in [0, 0.05) is 24.0 Å². The number of benzene rings is 1. The standard InChI is InChI=1S/C12H15F3N2S/c13-12(14,15)18-6-5-17-11-4-1-8-7-9(16)2-3-10(8)11/h2-3,7,11,17H,1,4-6,16H2. The first-order chi connectivity index (χ1) is 8.46. The number of nitrogens with one attached hydrogen (secondary N) is 1. The van der Waals surface area contributed by atoms with Crippen LogP contribution in [0, 0.1) is 0 Å². The molecule has 0 fully saturated rings. The lowest BCUT2D eigenvalue weighted by atomic mass is 10.1. The summed E-state index contributed by atoms with van der Waals surface area (Å²) < 4.78 is 35.9. The highest BCUT2D eigenvalue weighted by Crippen LogP contribution is 2.33. The van der Waals surface area contributed by atoms with E-state index in [4.69, 9.17) is 5.73 Å². The van der Waals surface area contributed by atoms with Crippen LogP contribution in [0.2, 0.25) is 0 Å². The van der Waals surface area contributed by atoms with Crippen molar-refractivity contribution in [3.63, 3.8) is 0 Å². The van der Waals surface area contributed by atoms with E-state index < -0.39 is 5.51 Å². The Labute approximate surface area is 108 Å². The van der Waals surface area contributed by atoms with Crippen LogP contribution in [0.25, 0.3) is 0 Å². The second-order valence-electron chi connectivity index (χ2n) is 4.30. The minimum absolute atomic E-state index is 0.0182. The van der Waals surface area contributed by atoms with Crippen LogP contribution >= 0.6 is 11.8 Å². The predicted octanol–water partition coefficient (Wildman–Crippen LogP) is 3.10. The zero-order chi connectivity index (χ0) is 13.2. The number of nitrogen functional groups attached to an aromatic ring is 1. The fourth-order valence-corrected chi connectivity index (χ4v) is 2.70. The van der Waals surface area contributed by atoms with E-state index in [2.05, 4.69) is 5.32 Å². The molecule has 0 aliphatic heterocycles. The molecule has 100 valence electrons. The molecule has 18 heavy (non-hydrogen) atoms. The van der Waals surface area contributed by atoms with Crippen LogP contribution in [0.3, 0.4) is 0 Å². The van der Waals surface area contributed by atoms with Gasteiger partial charge in [-0.25, -0.2) is 0 Å². The summed E-state index contributed by atoms with van der Waals surface area (Å²) in [6, 6.07) is 5.91. The number of rotatable bonds is 4. The molecule has 0 bridgehead atoms. The van der Waals surface area contributed by atoms with E-state index >= 15 is 0 Å². The fourth-order valence-electron chi connectivity index (χ4n) is 2.25. The van der Waals surface area contributed by atoms with E-state index in [-0.39, 0.29) is 23.6 Å². The van der Waals surface area contributed by atoms with Gasteiger partial charge in [0.05, 0.1) is 0 Å². The molecular weight excluding hydrogens is 261 g/mol. The number of halogens is 3. The summed E-state index contributed by atoms with van der Waals surface area (Å²) in [5.41, 5.74) is 4.67. The van der Waals surface area contributed by atoms with E-state index in [9.17, 15) is 13.2 Å². The Bertz CT molecular complexity index is 420. The molecule has 0 aromatic heterocycles. The van der Waals surface area contributed by atoms with Gasteiger partial charge >= 0.3 is 5.51 Å². The fraction of sp³-hybridized carbons (Fsp3) is 0.500. The summed E-state index contributed by atoms with van der Waals surface area (Å²) in [6.07, 6.45) is 1.86. The van der Waals surface area contributed by atoms with Crippen molar-refractivity contribution in [3.8, 4) is 0 Å². The number of hydrogen-bond donors (Lipinski definition) is 2. The second kappa shape index (κ2) is 5.40. The molecule has 0 amide bonds. The van der Waals surface area contributed by atoms with Gasteiger partial charge in [0.1, 0.15) is 0 Å². The van der Waals surface area contributed by atoms with Crippen molar-refractivity contribution in [2.45, 2.75) is 24.4 Å². The lowest BCUT2D eigenvalue weighted by molar-refractivity contribution is -0.0327. The van der Waals surface area contributed by atoms with Gasteiger partial charge in [-0.1, -0.05) is 6.07 Å². The summed E-state index contributed by atoms with van der Waals surface area (Å²) in [5.74, 6) is 0.0459. The smallest absolute Gasteiger partial charge is 0.399 e. The van der Waals surface area contributed by atoms with Gasteiger partial charge in [0.15, 0.2) is 0 Å². The van der Waals surface area contributed by atoms with Crippen LogP contribution in [-0.2, 0) is 6.42 Å². The molecule has 0 saturated carbocycles. The molecular formula is C12H15F3N2S. The van der Waals surface area contributed by atoms with Gasteiger partial charge in [-0.05, 0) is 47.9 Å². The molecule has 6 heteroatoms. The van der Waals surface area contributed by atoms with E-state index in [1.165, 1.54) is 11.1 Å². The average Bonchev–Trinajstić information content (AvgIpc) is 2.65. The van der Waals surface area contributed by atoms with Gasteiger partial charge in [0.2, 0.25) is 0 Å². The molecule has 0 saturated heterocycles. The normalized spacial score (nSPS) is 18.9. The maximum absolute atomic E-state index is 12.0. The molecule has 1 aliphatic rings. The first-order valence-corrected chi connectivity index (χ1v) is 6.76. The monoisotopic (exact) mass is 276 g/mol. The highest BCUT2D eigenvalue weighted by Gasteiger charge is 2.28. The molecule has 1 aliphatic carbocycles. The van der Waals surface area contributed by atoms with E-state index in [1.807, 2.05) is 18.2 Å². The minimum atomic E-state index is -4.14. The lowest BCUT2D eigenvalue weighted by Gasteiger charge is -2.14. The number of thioether (sulfide) groups is 1. The van der Waals surface area contributed by atoms with Crippen LogP contribution in [-0.4, -0.2) is 17.8 Å². The Morgan fingerprint density at radius 2 is 2.17 bits per heavy atom. The van der Waals surface area contributed by atoms with Crippen molar-refractivity contribution in [3.05, 3.63) is 29.3 Å². The van der Waals surface area contributed by atoms with Gasteiger partial charge < -0.3 is 11.1 Å². The van der Waals surface area contributed by atoms with E-state index in [1.54, 1.807) is 0 Å². The van der Waals surface area contributed by atoms with Gasteiger partial charge in [-0.2, -0.15) is 13.2 Å². The molecule has 1 atom stereocenters. The molecule has 1 aromatic rings. The number of alkyl halides is 3. The first kappa shape index (κ1) is 13.5. The lowest BCUT2D eigenvalue weighted by Crippen LogP contribution is -2.23. The van der Waals surface area contributed by atoms with E-state index in [0.29, 0.717) is 6.54 Å². The third-order valence-electron chi connectivity index (χ3n) is 3.00. The minimum Gasteiger partial charge on any atom is -0.399 e. The van der Waals surface area contributed by atoms with Gasteiger partial charge in [0.25, 0.3) is 0 Å². The van der Waals surface area contributed by atoms with Gasteiger partial charge in [-0.3, -0.25) is 0 Å². The molecule has 2 nitrogen and oxygen atoms in total. The van der Waals surface area contributed by atoms with Crippen molar-refractivity contribution in [2.75, 3.05) is 18.0 Å². The number of hydrogen-bond acceptors (Lipinski definition) is 3. The van der Waals surface area contributed by atoms with Crippen molar-refractivity contribution in [1.82, 2.24) is 5.32 Å². The topological polar surface area (TPSA) is 38.0 Å². The third-order valence-corrected chi connectivity index (χ3v) is 3.74. The number of nitrogens with two attached hydrogens (primary N) is 1. The second-order valence-corrected chi connectivity index (χ2v) is 5.46. The predicted molar refractivity (Wildman–Crippen MR) is 68.4 cm³/mol. The van der Waals surface area contributed by atoms with Crippen molar-refractivity contribution in [2.24, 2.45) is 0 Å². The third kappa shape index (κ3) is 3.55. The molecule has 0 heterocycles. The first-order valence-electron chi connectivity index (χ1n) is 5.78. The van der Waals surface area contributed by atoms with E-state index in [0.717, 1.165) is 18.5 Å². The van der Waals surface area contributed by atoms with Crippen LogP contribution in [0.4, 0.5) is 18.9 Å². The average molecular weight is 276 g/mol. The van der Waals surface area contributed by atoms with Crippen LogP contribution in [0.1, 0.15) is 23.6 Å². The van der Waals surface area contributed by atoms with Crippen molar-refractivity contribution < 1.29 is 13.2 Å². The highest BCUT2D eigenvalue weighted by molar-refractivity contribution is 8.00. The summed E-state index contributed by atoms with van der Waals surface area (Å²) in [7, 11) is 0. The summed E-state index contributed by atoms with van der Waals surface area (Å²) >= 11 is 0.0182. The molecule has 1 aromatic carbocycles. The summed E-state index contributed by atoms with van der Waals surface area (Å²) in [4.78, 5) is 0. The molecule has 3 N–H and O–H groups in total. The highest BCUT2D eigenvalue weighted by atomic mass is 32.2. The Kier molecular flexibility index (Phi) is 4.07. The van der Waals surface area contributed by atoms with Crippen LogP contribution in [0.5, 0.6) is 0 Å². The Hall–Kier alpha value is -0.880. The Morgan fingerprint density at radius 3 is 2.89 bits per heavy atom. The summed E-state index contributed by atoms with van der Waals surface area (Å²) in [5, 5.41) is 3.17. The molecule has 0 radical (unpaired) electrons. The van der Waals surface area contributed by atoms with Gasteiger partial charge in [-0.15, -0.1) is 0 Å². The number of fused-ring (bicyclic) bond motifs is 1. The van der Waals surface area contributed by atoms with Crippen LogP contribution < -0.4 is 11.1 Å². The molecule has 0 spiro atoms. The SMILES string of the molecule is Nc1ccc2c(c1)CCC2NCCSC(F)(F)F. The quantitative estimate of drug-likeness (QED) is 0.655. The maximum Gasteiger partial charge on any atom is 0.441 e. The van der Waals surface area contributed by atoms with Crippen molar-refractivity contribution in [1.29, 1.82) is 0 Å².